The SMILES string of the molecule is [2H]C([2H])(c1ccc(-c2[c-]ccc(-c3ccccc3)c2)nc1)C(C)(C)C.[Ir].[c-]1cccc2c1-c1ncccc1-c1ccccc1O2. The van der Waals surface area contributed by atoms with Crippen LogP contribution in [-0.4, -0.2) is 9.97 Å². The first kappa shape index (κ1) is 27.5. The molecule has 43 heavy (non-hydrogen) atoms. The van der Waals surface area contributed by atoms with Crippen molar-refractivity contribution in [3.8, 4) is 56.3 Å². The summed E-state index contributed by atoms with van der Waals surface area (Å²) >= 11 is 0. The number of pyridine rings is 2. The number of para-hydroxylation sites is 1. The Morgan fingerprint density at radius 2 is 1.49 bits per heavy atom. The van der Waals surface area contributed by atoms with Gasteiger partial charge in [0.05, 0.1) is 0 Å². The van der Waals surface area contributed by atoms with Gasteiger partial charge in [0.15, 0.2) is 0 Å². The average molecular weight is 739 g/mol. The predicted molar refractivity (Wildman–Crippen MR) is 171 cm³/mol. The van der Waals surface area contributed by atoms with E-state index in [2.05, 4.69) is 52.4 Å². The van der Waals surface area contributed by atoms with Crippen LogP contribution in [0.1, 0.15) is 29.1 Å². The number of hydrogen-bond donors (Lipinski definition) is 0. The summed E-state index contributed by atoms with van der Waals surface area (Å²) in [7, 11) is 0. The molecule has 0 aliphatic carbocycles. The van der Waals surface area contributed by atoms with Crippen molar-refractivity contribution in [2.75, 3.05) is 0 Å². The summed E-state index contributed by atoms with van der Waals surface area (Å²) in [6, 6.07) is 44.2. The van der Waals surface area contributed by atoms with Crippen molar-refractivity contribution in [2.45, 2.75) is 27.1 Å². The molecule has 0 atom stereocenters. The molecule has 0 bridgehead atoms. The van der Waals surface area contributed by atoms with Crippen molar-refractivity contribution >= 4 is 0 Å². The van der Waals surface area contributed by atoms with Crippen molar-refractivity contribution in [1.82, 2.24) is 9.97 Å². The van der Waals surface area contributed by atoms with Crippen LogP contribution in [0.5, 0.6) is 11.5 Å². The average Bonchev–Trinajstić information content (AvgIpc) is 3.20. The minimum absolute atomic E-state index is 0. The molecule has 4 heteroatoms. The maximum absolute atomic E-state index is 8.36. The first-order valence-electron chi connectivity index (χ1n) is 15.0. The van der Waals surface area contributed by atoms with Gasteiger partial charge in [-0.3, -0.25) is 0 Å². The molecule has 0 saturated heterocycles. The van der Waals surface area contributed by atoms with Crippen molar-refractivity contribution < 1.29 is 27.6 Å². The third-order valence-corrected chi connectivity index (χ3v) is 6.73. The first-order valence-corrected chi connectivity index (χ1v) is 14.0. The van der Waals surface area contributed by atoms with E-state index in [0.717, 1.165) is 56.3 Å². The number of hydrogen-bond acceptors (Lipinski definition) is 3. The summed E-state index contributed by atoms with van der Waals surface area (Å²) in [6.45, 7) is 5.70. The Labute approximate surface area is 270 Å². The van der Waals surface area contributed by atoms with E-state index < -0.39 is 11.8 Å². The molecule has 3 heterocycles. The summed E-state index contributed by atoms with van der Waals surface area (Å²) in [5.74, 6) is 1.66. The van der Waals surface area contributed by atoms with Gasteiger partial charge in [-0.05, 0) is 52.0 Å². The van der Waals surface area contributed by atoms with E-state index in [0.29, 0.717) is 5.56 Å². The van der Waals surface area contributed by atoms with Crippen LogP contribution in [0.2, 0.25) is 0 Å². The zero-order valence-corrected chi connectivity index (χ0v) is 26.7. The van der Waals surface area contributed by atoms with Gasteiger partial charge in [-0.15, -0.1) is 59.7 Å². The fourth-order valence-corrected chi connectivity index (χ4v) is 4.89. The molecular formula is C39H32IrN2O-2. The maximum atomic E-state index is 8.36. The van der Waals surface area contributed by atoms with E-state index in [9.17, 15) is 0 Å². The Morgan fingerprint density at radius 3 is 2.28 bits per heavy atom. The van der Waals surface area contributed by atoms with Gasteiger partial charge in [0.1, 0.15) is 5.75 Å². The summed E-state index contributed by atoms with van der Waals surface area (Å²) < 4.78 is 22.7. The van der Waals surface area contributed by atoms with Crippen molar-refractivity contribution in [3.05, 3.63) is 145 Å². The fraction of sp³-hybridized carbons (Fsp3) is 0.128. The molecule has 0 spiro atoms. The second kappa shape index (κ2) is 13.3. The smallest absolute Gasteiger partial charge is 0.121 e. The molecule has 0 N–H and O–H groups in total. The summed E-state index contributed by atoms with van der Waals surface area (Å²) in [4.78, 5) is 9.00. The normalized spacial score (nSPS) is 12.3. The number of fused-ring (bicyclic) bond motifs is 5. The molecule has 1 aliphatic rings. The van der Waals surface area contributed by atoms with Gasteiger partial charge in [-0.25, -0.2) is 0 Å². The van der Waals surface area contributed by atoms with Gasteiger partial charge in [-0.1, -0.05) is 93.1 Å². The molecule has 0 fully saturated rings. The third kappa shape index (κ3) is 7.17. The number of benzene rings is 4. The standard InChI is InChI=1S/C22H22N.C17H10NO.Ir/c1-22(2,3)15-17-12-13-21(23-16-17)20-11-7-10-19(14-20)18-8-5-4-6-9-18;1-3-9-15-12(6-1)13-8-5-11-18-17(13)14-7-2-4-10-16(14)19-15;/h4-10,12-14,16H,15H2,1-3H3;1-6,8-11H;/q2*-1;/i15D2;;. The number of aromatic nitrogens is 2. The quantitative estimate of drug-likeness (QED) is 0.169. The second-order valence-corrected chi connectivity index (χ2v) is 11.1. The number of rotatable bonds is 3. The Kier molecular flexibility index (Phi) is 8.49. The maximum Gasteiger partial charge on any atom is 0.121 e. The molecule has 7 rings (SSSR count). The van der Waals surface area contributed by atoms with Crippen LogP contribution in [0.4, 0.5) is 0 Å². The van der Waals surface area contributed by atoms with Gasteiger partial charge in [0.2, 0.25) is 0 Å². The topological polar surface area (TPSA) is 35.0 Å². The Morgan fingerprint density at radius 1 is 0.721 bits per heavy atom. The number of nitrogens with zero attached hydrogens (tertiary/aromatic N) is 2. The summed E-state index contributed by atoms with van der Waals surface area (Å²) in [5.41, 5.74) is 8.06. The van der Waals surface area contributed by atoms with Crippen molar-refractivity contribution in [3.63, 3.8) is 0 Å². The zero-order chi connectivity index (χ0) is 30.7. The molecule has 2 aromatic heterocycles. The first-order chi connectivity index (χ1) is 21.2. The third-order valence-electron chi connectivity index (χ3n) is 6.73. The summed E-state index contributed by atoms with van der Waals surface area (Å²) in [6.07, 6.45) is 2.01. The largest absolute Gasteiger partial charge is 0.501 e. The van der Waals surface area contributed by atoms with Crippen LogP contribution < -0.4 is 4.74 Å². The molecule has 6 aromatic rings. The van der Waals surface area contributed by atoms with Gasteiger partial charge >= 0.3 is 0 Å². The van der Waals surface area contributed by atoms with E-state index in [1.54, 1.807) is 12.4 Å². The molecule has 3 nitrogen and oxygen atoms in total. The monoisotopic (exact) mass is 739 g/mol. The molecule has 0 unspecified atom stereocenters. The van der Waals surface area contributed by atoms with Crippen LogP contribution in [-0.2, 0) is 26.5 Å². The van der Waals surface area contributed by atoms with Crippen LogP contribution in [0.25, 0.3) is 44.8 Å². The Bertz CT molecular complexity index is 1840. The molecule has 0 saturated carbocycles. The van der Waals surface area contributed by atoms with Gasteiger partial charge in [0.25, 0.3) is 0 Å². The molecule has 1 aliphatic heterocycles. The minimum Gasteiger partial charge on any atom is -0.501 e. The Hall–Kier alpha value is -4.37. The van der Waals surface area contributed by atoms with E-state index in [1.165, 1.54) is 0 Å². The van der Waals surface area contributed by atoms with Gasteiger partial charge in [0, 0.05) is 46.6 Å². The Balaban J connectivity index is 0.000000179. The fourth-order valence-electron chi connectivity index (χ4n) is 4.89. The van der Waals surface area contributed by atoms with Crippen molar-refractivity contribution in [1.29, 1.82) is 0 Å². The molecule has 0 amide bonds. The van der Waals surface area contributed by atoms with Crippen LogP contribution in [0.3, 0.4) is 0 Å². The summed E-state index contributed by atoms with van der Waals surface area (Å²) in [5, 5.41) is 0. The van der Waals surface area contributed by atoms with E-state index in [-0.39, 0.29) is 20.1 Å². The second-order valence-electron chi connectivity index (χ2n) is 11.1. The minimum atomic E-state index is -1.44. The van der Waals surface area contributed by atoms with Gasteiger partial charge in [-0.2, -0.15) is 0 Å². The molecule has 4 aromatic carbocycles. The molecule has 215 valence electrons. The van der Waals surface area contributed by atoms with E-state index in [4.69, 9.17) is 7.48 Å². The van der Waals surface area contributed by atoms with E-state index in [1.807, 2.05) is 106 Å². The van der Waals surface area contributed by atoms with Crippen LogP contribution >= 0.6 is 0 Å². The van der Waals surface area contributed by atoms with Crippen LogP contribution in [0.15, 0.2) is 128 Å². The van der Waals surface area contributed by atoms with Gasteiger partial charge < -0.3 is 14.7 Å². The van der Waals surface area contributed by atoms with Crippen molar-refractivity contribution in [2.24, 2.45) is 5.41 Å². The number of ether oxygens (including phenoxy) is 1. The zero-order valence-electron chi connectivity index (χ0n) is 26.3. The molecular weight excluding hydrogens is 705 g/mol. The van der Waals surface area contributed by atoms with E-state index >= 15 is 0 Å². The van der Waals surface area contributed by atoms with Crippen LogP contribution in [0, 0.1) is 17.5 Å². The predicted octanol–water partition coefficient (Wildman–Crippen LogP) is 10.1. The molecule has 1 radical (unpaired) electrons.